The van der Waals surface area contributed by atoms with Crippen molar-refractivity contribution < 1.29 is 9.18 Å². The molecule has 0 radical (unpaired) electrons. The Kier molecular flexibility index (Phi) is 5.56. The fourth-order valence-electron chi connectivity index (χ4n) is 1.47. The van der Waals surface area contributed by atoms with E-state index < -0.39 is 11.9 Å². The van der Waals surface area contributed by atoms with Crippen molar-refractivity contribution in [3.63, 3.8) is 0 Å². The zero-order valence-electron chi connectivity index (χ0n) is 10.5. The molecule has 1 unspecified atom stereocenters. The van der Waals surface area contributed by atoms with Gasteiger partial charge in [-0.1, -0.05) is 37.9 Å². The maximum absolute atomic E-state index is 12.9. The van der Waals surface area contributed by atoms with E-state index in [1.54, 1.807) is 6.07 Å². The van der Waals surface area contributed by atoms with Crippen molar-refractivity contribution in [2.75, 3.05) is 0 Å². The molecule has 0 saturated heterocycles. The van der Waals surface area contributed by atoms with Crippen molar-refractivity contribution in [2.24, 2.45) is 11.7 Å². The fourth-order valence-corrected chi connectivity index (χ4v) is 1.67. The van der Waals surface area contributed by atoms with Crippen molar-refractivity contribution in [3.8, 4) is 0 Å². The van der Waals surface area contributed by atoms with E-state index in [1.165, 1.54) is 12.1 Å². The lowest BCUT2D eigenvalue weighted by molar-refractivity contribution is -0.123. The topological polar surface area (TPSA) is 55.1 Å². The van der Waals surface area contributed by atoms with Crippen LogP contribution >= 0.6 is 11.6 Å². The van der Waals surface area contributed by atoms with Crippen LogP contribution in [0.3, 0.4) is 0 Å². The van der Waals surface area contributed by atoms with E-state index in [4.69, 9.17) is 17.3 Å². The molecule has 0 fully saturated rings. The average Bonchev–Trinajstić information content (AvgIpc) is 2.37. The summed E-state index contributed by atoms with van der Waals surface area (Å²) >= 11 is 5.65. The highest BCUT2D eigenvalue weighted by atomic mass is 35.5. The number of carbonyl (C=O) groups is 1. The average molecular weight is 273 g/mol. The SMILES string of the molecule is CCC(C)[C@H](N)C(=O)NCc1ccc(F)c(Cl)c1. The Hall–Kier alpha value is -1.13. The molecule has 3 nitrogen and oxygen atoms in total. The molecule has 0 bridgehead atoms. The van der Waals surface area contributed by atoms with Crippen molar-refractivity contribution in [1.29, 1.82) is 0 Å². The smallest absolute Gasteiger partial charge is 0.237 e. The maximum atomic E-state index is 12.9. The Labute approximate surface area is 112 Å². The van der Waals surface area contributed by atoms with Gasteiger partial charge < -0.3 is 11.1 Å². The Balaban J connectivity index is 2.54. The predicted molar refractivity (Wildman–Crippen MR) is 70.7 cm³/mol. The number of halogens is 2. The molecular weight excluding hydrogens is 255 g/mol. The highest BCUT2D eigenvalue weighted by Gasteiger charge is 2.18. The van der Waals surface area contributed by atoms with E-state index in [2.05, 4.69) is 5.32 Å². The minimum absolute atomic E-state index is 0.0490. The van der Waals surface area contributed by atoms with Gasteiger partial charge in [-0.2, -0.15) is 0 Å². The molecule has 1 amide bonds. The van der Waals surface area contributed by atoms with Gasteiger partial charge in [0, 0.05) is 6.54 Å². The zero-order valence-corrected chi connectivity index (χ0v) is 11.3. The van der Waals surface area contributed by atoms with Crippen LogP contribution in [0, 0.1) is 11.7 Å². The van der Waals surface area contributed by atoms with Gasteiger partial charge in [0.15, 0.2) is 0 Å². The number of nitrogens with one attached hydrogen (secondary N) is 1. The summed E-state index contributed by atoms with van der Waals surface area (Å²) < 4.78 is 12.9. The molecule has 0 aliphatic rings. The summed E-state index contributed by atoms with van der Waals surface area (Å²) in [6, 6.07) is 3.83. The van der Waals surface area contributed by atoms with E-state index in [0.717, 1.165) is 12.0 Å². The van der Waals surface area contributed by atoms with Crippen molar-refractivity contribution in [1.82, 2.24) is 5.32 Å². The van der Waals surface area contributed by atoms with E-state index in [1.807, 2.05) is 13.8 Å². The second kappa shape index (κ2) is 6.71. The van der Waals surface area contributed by atoms with E-state index in [9.17, 15) is 9.18 Å². The summed E-state index contributed by atoms with van der Waals surface area (Å²) in [5, 5.41) is 2.76. The van der Waals surface area contributed by atoms with E-state index in [-0.39, 0.29) is 16.8 Å². The number of benzene rings is 1. The normalized spacial score (nSPS) is 14.1. The molecule has 5 heteroatoms. The van der Waals surface area contributed by atoms with Crippen LogP contribution in [0.25, 0.3) is 0 Å². The van der Waals surface area contributed by atoms with Crippen LogP contribution in [-0.2, 0) is 11.3 Å². The maximum Gasteiger partial charge on any atom is 0.237 e. The standard InChI is InChI=1S/C13H18ClFN2O/c1-3-8(2)12(16)13(18)17-7-9-4-5-11(15)10(14)6-9/h4-6,8,12H,3,7,16H2,1-2H3,(H,17,18)/t8?,12-/m0/s1. The van der Waals surface area contributed by atoms with Crippen molar-refractivity contribution >= 4 is 17.5 Å². The van der Waals surface area contributed by atoms with Gasteiger partial charge >= 0.3 is 0 Å². The summed E-state index contributed by atoms with van der Waals surface area (Å²) in [5.41, 5.74) is 6.53. The van der Waals surface area contributed by atoms with Crippen molar-refractivity contribution in [2.45, 2.75) is 32.9 Å². The second-order valence-corrected chi connectivity index (χ2v) is 4.78. The largest absolute Gasteiger partial charge is 0.351 e. The molecule has 0 aliphatic heterocycles. The molecule has 0 aliphatic carbocycles. The molecule has 0 heterocycles. The summed E-state index contributed by atoms with van der Waals surface area (Å²) in [7, 11) is 0. The lowest BCUT2D eigenvalue weighted by Crippen LogP contribution is -2.44. The first kappa shape index (κ1) is 14.9. The van der Waals surface area contributed by atoms with Gasteiger partial charge in [-0.05, 0) is 23.6 Å². The van der Waals surface area contributed by atoms with Crippen molar-refractivity contribution in [3.05, 3.63) is 34.6 Å². The van der Waals surface area contributed by atoms with Crippen LogP contribution in [0.1, 0.15) is 25.8 Å². The molecule has 1 aromatic carbocycles. The Bertz CT molecular complexity index is 425. The molecule has 0 aromatic heterocycles. The second-order valence-electron chi connectivity index (χ2n) is 4.38. The molecule has 18 heavy (non-hydrogen) atoms. The predicted octanol–water partition coefficient (Wildman–Crippen LogP) is 2.47. The molecule has 2 atom stereocenters. The summed E-state index contributed by atoms with van der Waals surface area (Å²) in [4.78, 5) is 11.7. The molecule has 3 N–H and O–H groups in total. The van der Waals surface area contributed by atoms with Gasteiger partial charge in [0.05, 0.1) is 11.1 Å². The number of rotatable bonds is 5. The van der Waals surface area contributed by atoms with E-state index >= 15 is 0 Å². The minimum Gasteiger partial charge on any atom is -0.351 e. The van der Waals surface area contributed by atoms with Gasteiger partial charge in [0.25, 0.3) is 0 Å². The van der Waals surface area contributed by atoms with Gasteiger partial charge in [-0.15, -0.1) is 0 Å². The Morgan fingerprint density at radius 1 is 1.56 bits per heavy atom. The van der Waals surface area contributed by atoms with Crippen LogP contribution in [0.15, 0.2) is 18.2 Å². The number of hydrogen-bond donors (Lipinski definition) is 2. The highest BCUT2D eigenvalue weighted by molar-refractivity contribution is 6.30. The molecule has 1 rings (SSSR count). The molecule has 1 aromatic rings. The van der Waals surface area contributed by atoms with Crippen LogP contribution in [0.4, 0.5) is 4.39 Å². The summed E-state index contributed by atoms with van der Waals surface area (Å²) in [6.07, 6.45) is 0.844. The monoisotopic (exact) mass is 272 g/mol. The van der Waals surface area contributed by atoms with Crippen LogP contribution in [0.2, 0.25) is 5.02 Å². The van der Waals surface area contributed by atoms with Crippen LogP contribution in [-0.4, -0.2) is 11.9 Å². The number of carbonyl (C=O) groups excluding carboxylic acids is 1. The van der Waals surface area contributed by atoms with Gasteiger partial charge in [0.2, 0.25) is 5.91 Å². The first-order chi connectivity index (χ1) is 8.45. The lowest BCUT2D eigenvalue weighted by Gasteiger charge is -2.17. The molecule has 0 saturated carbocycles. The van der Waals surface area contributed by atoms with Gasteiger partial charge in [0.1, 0.15) is 5.82 Å². The van der Waals surface area contributed by atoms with E-state index in [0.29, 0.717) is 6.54 Å². The Morgan fingerprint density at radius 3 is 2.78 bits per heavy atom. The van der Waals surface area contributed by atoms with Gasteiger partial charge in [-0.25, -0.2) is 4.39 Å². The number of hydrogen-bond acceptors (Lipinski definition) is 2. The molecule has 0 spiro atoms. The van der Waals surface area contributed by atoms with Crippen LogP contribution < -0.4 is 11.1 Å². The number of amides is 1. The third-order valence-corrected chi connectivity index (χ3v) is 3.30. The summed E-state index contributed by atoms with van der Waals surface area (Å²) in [6.45, 7) is 4.21. The third kappa shape index (κ3) is 3.96. The summed E-state index contributed by atoms with van der Waals surface area (Å²) in [5.74, 6) is -0.547. The first-order valence-corrected chi connectivity index (χ1v) is 6.30. The fraction of sp³-hybridized carbons (Fsp3) is 0.462. The first-order valence-electron chi connectivity index (χ1n) is 5.93. The molecular formula is C13H18ClFN2O. The minimum atomic E-state index is -0.522. The number of nitrogens with two attached hydrogens (primary N) is 1. The quantitative estimate of drug-likeness (QED) is 0.865. The third-order valence-electron chi connectivity index (χ3n) is 3.01. The zero-order chi connectivity index (χ0) is 13.7. The highest BCUT2D eigenvalue weighted by Crippen LogP contribution is 2.15. The van der Waals surface area contributed by atoms with Crippen LogP contribution in [0.5, 0.6) is 0 Å². The lowest BCUT2D eigenvalue weighted by atomic mass is 9.99. The Morgan fingerprint density at radius 2 is 2.22 bits per heavy atom. The van der Waals surface area contributed by atoms with Gasteiger partial charge in [-0.3, -0.25) is 4.79 Å². The molecule has 100 valence electrons.